The lowest BCUT2D eigenvalue weighted by molar-refractivity contribution is -0.122. The van der Waals surface area contributed by atoms with Crippen molar-refractivity contribution in [2.75, 3.05) is 0 Å². The smallest absolute Gasteiger partial charge is 0.243 e. The summed E-state index contributed by atoms with van der Waals surface area (Å²) in [7, 11) is 0. The van der Waals surface area contributed by atoms with Gasteiger partial charge in [0.25, 0.3) is 0 Å². The molecule has 0 bridgehead atoms. The molecule has 16 heavy (non-hydrogen) atoms. The highest BCUT2D eigenvalue weighted by molar-refractivity contribution is 9.10. The lowest BCUT2D eigenvalue weighted by Gasteiger charge is -2.22. The fraction of sp³-hybridized carbons (Fsp3) is 0.417. The molecule has 0 aliphatic rings. The number of nitrogens with one attached hydrogen (secondary N) is 1. The van der Waals surface area contributed by atoms with Crippen LogP contribution < -0.4 is 5.32 Å². The standard InChI is InChI=1S/C12H15BrClNO/c1-12(2,3)15-11(16)10(14)8-6-4-5-7-9(8)13/h4-7,10H,1-3H3,(H,15,16). The Morgan fingerprint density at radius 3 is 2.44 bits per heavy atom. The molecule has 1 aromatic rings. The topological polar surface area (TPSA) is 29.1 Å². The molecule has 1 aromatic carbocycles. The van der Waals surface area contributed by atoms with Crippen LogP contribution in [0.2, 0.25) is 0 Å². The van der Waals surface area contributed by atoms with E-state index in [9.17, 15) is 4.79 Å². The third-order valence-corrected chi connectivity index (χ3v) is 3.06. The first-order valence-electron chi connectivity index (χ1n) is 5.02. The molecule has 0 fully saturated rings. The Balaban J connectivity index is 2.83. The first-order valence-corrected chi connectivity index (χ1v) is 6.25. The van der Waals surface area contributed by atoms with E-state index in [0.29, 0.717) is 0 Å². The normalized spacial score (nSPS) is 13.3. The molecule has 0 aliphatic carbocycles. The molecule has 1 unspecified atom stereocenters. The molecule has 1 atom stereocenters. The Hall–Kier alpha value is -0.540. The van der Waals surface area contributed by atoms with Gasteiger partial charge in [0.2, 0.25) is 5.91 Å². The monoisotopic (exact) mass is 303 g/mol. The molecule has 1 amide bonds. The summed E-state index contributed by atoms with van der Waals surface area (Å²) in [5.41, 5.74) is 0.511. The van der Waals surface area contributed by atoms with Crippen LogP contribution in [0.4, 0.5) is 0 Å². The van der Waals surface area contributed by atoms with Gasteiger partial charge >= 0.3 is 0 Å². The zero-order valence-corrected chi connectivity index (χ0v) is 11.9. The summed E-state index contributed by atoms with van der Waals surface area (Å²) in [5, 5.41) is 2.18. The molecule has 1 N–H and O–H groups in total. The van der Waals surface area contributed by atoms with E-state index in [0.717, 1.165) is 10.0 Å². The van der Waals surface area contributed by atoms with Gasteiger partial charge < -0.3 is 5.32 Å². The van der Waals surface area contributed by atoms with Crippen LogP contribution in [0, 0.1) is 0 Å². The Bertz CT molecular complexity index is 387. The second-order valence-corrected chi connectivity index (χ2v) is 5.91. The molecule has 0 saturated heterocycles. The lowest BCUT2D eigenvalue weighted by atomic mass is 10.1. The molecule has 88 valence electrons. The first kappa shape index (κ1) is 13.5. The van der Waals surface area contributed by atoms with Gasteiger partial charge in [0.1, 0.15) is 5.38 Å². The summed E-state index contributed by atoms with van der Waals surface area (Å²) in [4.78, 5) is 11.8. The number of alkyl halides is 1. The minimum absolute atomic E-state index is 0.180. The van der Waals surface area contributed by atoms with Crippen molar-refractivity contribution in [2.45, 2.75) is 31.7 Å². The van der Waals surface area contributed by atoms with Gasteiger partial charge in [-0.2, -0.15) is 0 Å². The third kappa shape index (κ3) is 3.80. The first-order chi connectivity index (χ1) is 7.31. The van der Waals surface area contributed by atoms with E-state index >= 15 is 0 Å². The summed E-state index contributed by atoms with van der Waals surface area (Å²) in [6.07, 6.45) is 0. The largest absolute Gasteiger partial charge is 0.350 e. The van der Waals surface area contributed by atoms with E-state index in [4.69, 9.17) is 11.6 Å². The zero-order chi connectivity index (χ0) is 12.3. The minimum Gasteiger partial charge on any atom is -0.350 e. The quantitative estimate of drug-likeness (QED) is 0.830. The van der Waals surface area contributed by atoms with Crippen LogP contribution in [0.1, 0.15) is 31.7 Å². The van der Waals surface area contributed by atoms with Crippen molar-refractivity contribution in [3.8, 4) is 0 Å². The van der Waals surface area contributed by atoms with Gasteiger partial charge in [-0.05, 0) is 32.4 Å². The second-order valence-electron chi connectivity index (χ2n) is 4.62. The lowest BCUT2D eigenvalue weighted by Crippen LogP contribution is -2.42. The fourth-order valence-corrected chi connectivity index (χ4v) is 2.15. The number of carbonyl (C=O) groups is 1. The maximum Gasteiger partial charge on any atom is 0.243 e. The van der Waals surface area contributed by atoms with Crippen molar-refractivity contribution in [2.24, 2.45) is 0 Å². The minimum atomic E-state index is -0.671. The van der Waals surface area contributed by atoms with Crippen LogP contribution in [0.25, 0.3) is 0 Å². The van der Waals surface area contributed by atoms with Crippen LogP contribution in [-0.4, -0.2) is 11.4 Å². The van der Waals surface area contributed by atoms with Gasteiger partial charge in [-0.15, -0.1) is 11.6 Å². The van der Waals surface area contributed by atoms with Gasteiger partial charge in [-0.1, -0.05) is 34.1 Å². The summed E-state index contributed by atoms with van der Waals surface area (Å²) < 4.78 is 0.846. The maximum atomic E-state index is 11.8. The number of amides is 1. The van der Waals surface area contributed by atoms with E-state index in [1.807, 2.05) is 45.0 Å². The van der Waals surface area contributed by atoms with Crippen LogP contribution in [0.3, 0.4) is 0 Å². The van der Waals surface area contributed by atoms with Crippen LogP contribution in [-0.2, 0) is 4.79 Å². The van der Waals surface area contributed by atoms with Crippen molar-refractivity contribution in [3.05, 3.63) is 34.3 Å². The molecule has 0 saturated carbocycles. The molecule has 0 aromatic heterocycles. The Labute approximate surface area is 110 Å². The van der Waals surface area contributed by atoms with Crippen molar-refractivity contribution in [1.29, 1.82) is 0 Å². The summed E-state index contributed by atoms with van der Waals surface area (Å²) in [6, 6.07) is 7.46. The van der Waals surface area contributed by atoms with Crippen molar-refractivity contribution >= 4 is 33.4 Å². The summed E-state index contributed by atoms with van der Waals surface area (Å²) in [6.45, 7) is 5.78. The van der Waals surface area contributed by atoms with Crippen LogP contribution in [0.15, 0.2) is 28.7 Å². The van der Waals surface area contributed by atoms with Gasteiger partial charge in [0.15, 0.2) is 0 Å². The molecule has 1 rings (SSSR count). The zero-order valence-electron chi connectivity index (χ0n) is 9.55. The second kappa shape index (κ2) is 5.19. The van der Waals surface area contributed by atoms with E-state index in [1.54, 1.807) is 0 Å². The molecule has 0 spiro atoms. The van der Waals surface area contributed by atoms with Crippen molar-refractivity contribution in [3.63, 3.8) is 0 Å². The molecule has 0 heterocycles. The number of benzene rings is 1. The number of hydrogen-bond acceptors (Lipinski definition) is 1. The predicted molar refractivity (Wildman–Crippen MR) is 70.6 cm³/mol. The molecule has 0 radical (unpaired) electrons. The van der Waals surface area contributed by atoms with Crippen LogP contribution in [0.5, 0.6) is 0 Å². The Morgan fingerprint density at radius 2 is 1.94 bits per heavy atom. The number of carbonyl (C=O) groups excluding carboxylic acids is 1. The molecule has 0 aliphatic heterocycles. The predicted octanol–water partition coefficient (Wildman–Crippen LogP) is 3.64. The molecular formula is C12H15BrClNO. The third-order valence-electron chi connectivity index (χ3n) is 1.91. The number of hydrogen-bond donors (Lipinski definition) is 1. The highest BCUT2D eigenvalue weighted by Crippen LogP contribution is 2.28. The average molecular weight is 305 g/mol. The van der Waals surface area contributed by atoms with E-state index < -0.39 is 5.38 Å². The summed E-state index contributed by atoms with van der Waals surface area (Å²) >= 11 is 9.51. The van der Waals surface area contributed by atoms with Gasteiger partial charge in [-0.3, -0.25) is 4.79 Å². The number of rotatable bonds is 2. The maximum absolute atomic E-state index is 11.8. The van der Waals surface area contributed by atoms with Crippen molar-refractivity contribution in [1.82, 2.24) is 5.32 Å². The van der Waals surface area contributed by atoms with E-state index in [2.05, 4.69) is 21.2 Å². The molecular weight excluding hydrogens is 289 g/mol. The van der Waals surface area contributed by atoms with Crippen LogP contribution >= 0.6 is 27.5 Å². The van der Waals surface area contributed by atoms with Gasteiger partial charge in [0, 0.05) is 10.0 Å². The van der Waals surface area contributed by atoms with E-state index in [-0.39, 0.29) is 11.4 Å². The van der Waals surface area contributed by atoms with Gasteiger partial charge in [-0.25, -0.2) is 0 Å². The Kier molecular flexibility index (Phi) is 4.39. The molecule has 2 nitrogen and oxygen atoms in total. The summed E-state index contributed by atoms with van der Waals surface area (Å²) in [5.74, 6) is -0.180. The number of halogens is 2. The van der Waals surface area contributed by atoms with Gasteiger partial charge in [0.05, 0.1) is 0 Å². The van der Waals surface area contributed by atoms with E-state index in [1.165, 1.54) is 0 Å². The fourth-order valence-electron chi connectivity index (χ4n) is 1.25. The average Bonchev–Trinajstić information content (AvgIpc) is 2.15. The Morgan fingerprint density at radius 1 is 1.38 bits per heavy atom. The van der Waals surface area contributed by atoms with Crippen molar-refractivity contribution < 1.29 is 4.79 Å². The SMILES string of the molecule is CC(C)(C)NC(=O)C(Cl)c1ccccc1Br. The molecule has 4 heteroatoms. The highest BCUT2D eigenvalue weighted by atomic mass is 79.9. The highest BCUT2D eigenvalue weighted by Gasteiger charge is 2.23.